The van der Waals surface area contributed by atoms with E-state index in [-0.39, 0.29) is 0 Å². The molecule has 3 rings (SSSR count). The number of pyridine rings is 1. The highest BCUT2D eigenvalue weighted by Crippen LogP contribution is 2.26. The van der Waals surface area contributed by atoms with Crippen LogP contribution in [-0.2, 0) is 0 Å². The van der Waals surface area contributed by atoms with Crippen molar-refractivity contribution in [2.24, 2.45) is 0 Å². The maximum Gasteiger partial charge on any atom is 0.188 e. The van der Waals surface area contributed by atoms with E-state index in [1.807, 2.05) is 41.8 Å². The number of aromatic nitrogens is 2. The van der Waals surface area contributed by atoms with Crippen LogP contribution in [0.4, 0.5) is 10.9 Å². The maximum atomic E-state index is 5.80. The van der Waals surface area contributed by atoms with Crippen LogP contribution < -0.4 is 5.32 Å². The third-order valence-electron chi connectivity index (χ3n) is 2.54. The van der Waals surface area contributed by atoms with E-state index in [0.717, 1.165) is 22.2 Å². The molecule has 0 radical (unpaired) electrons. The van der Waals surface area contributed by atoms with E-state index in [0.29, 0.717) is 5.02 Å². The molecule has 3 nitrogen and oxygen atoms in total. The normalized spacial score (nSPS) is 10.4. The third kappa shape index (κ3) is 2.92. The Bertz CT molecular complexity index is 665. The highest BCUT2D eigenvalue weighted by molar-refractivity contribution is 7.14. The van der Waals surface area contributed by atoms with Gasteiger partial charge in [-0.05, 0) is 12.1 Å². The van der Waals surface area contributed by atoms with E-state index in [2.05, 4.69) is 15.3 Å². The second-order valence-corrected chi connectivity index (χ2v) is 5.19. The Balaban J connectivity index is 1.80. The molecule has 1 N–H and O–H groups in total. The minimum absolute atomic E-state index is 0.620. The van der Waals surface area contributed by atoms with Crippen molar-refractivity contribution >= 4 is 33.9 Å². The van der Waals surface area contributed by atoms with Crippen LogP contribution in [0.5, 0.6) is 0 Å². The molecule has 19 heavy (non-hydrogen) atoms. The lowest BCUT2D eigenvalue weighted by molar-refractivity contribution is 1.29. The molecule has 0 aliphatic carbocycles. The molecule has 2 aromatic heterocycles. The van der Waals surface area contributed by atoms with Crippen LogP contribution in [0.1, 0.15) is 0 Å². The average Bonchev–Trinajstić information content (AvgIpc) is 2.91. The Labute approximate surface area is 119 Å². The van der Waals surface area contributed by atoms with Gasteiger partial charge in [-0.1, -0.05) is 41.9 Å². The second-order valence-electron chi connectivity index (χ2n) is 3.89. The number of halogens is 1. The molecule has 0 aliphatic rings. The molecule has 0 aliphatic heterocycles. The zero-order chi connectivity index (χ0) is 13.1. The van der Waals surface area contributed by atoms with Crippen molar-refractivity contribution < 1.29 is 0 Å². The molecule has 94 valence electrons. The number of benzene rings is 1. The summed E-state index contributed by atoms with van der Waals surface area (Å²) < 4.78 is 0. The maximum absolute atomic E-state index is 5.80. The van der Waals surface area contributed by atoms with Crippen molar-refractivity contribution in [2.45, 2.75) is 0 Å². The van der Waals surface area contributed by atoms with Gasteiger partial charge >= 0.3 is 0 Å². The number of rotatable bonds is 3. The Morgan fingerprint density at radius 3 is 2.63 bits per heavy atom. The molecular weight excluding hydrogens is 278 g/mol. The zero-order valence-corrected chi connectivity index (χ0v) is 11.4. The van der Waals surface area contributed by atoms with Crippen LogP contribution in [0.3, 0.4) is 0 Å². The molecule has 0 saturated carbocycles. The van der Waals surface area contributed by atoms with Gasteiger partial charge in [-0.25, -0.2) is 9.97 Å². The topological polar surface area (TPSA) is 37.8 Å². The first-order valence-corrected chi connectivity index (χ1v) is 6.96. The molecule has 1 aromatic carbocycles. The van der Waals surface area contributed by atoms with Gasteiger partial charge in [-0.3, -0.25) is 0 Å². The molecule has 2 heterocycles. The summed E-state index contributed by atoms with van der Waals surface area (Å²) in [6.45, 7) is 0. The zero-order valence-electron chi connectivity index (χ0n) is 9.88. The van der Waals surface area contributed by atoms with Gasteiger partial charge in [0.2, 0.25) is 0 Å². The number of thiazole rings is 1. The SMILES string of the molecule is Clc1ccc(Nc2nc(-c3ccccc3)cs2)nc1. The van der Waals surface area contributed by atoms with Gasteiger partial charge < -0.3 is 5.32 Å². The summed E-state index contributed by atoms with van der Waals surface area (Å²) in [5, 5.41) is 6.61. The summed E-state index contributed by atoms with van der Waals surface area (Å²) in [5.41, 5.74) is 2.07. The smallest absolute Gasteiger partial charge is 0.188 e. The first-order valence-electron chi connectivity index (χ1n) is 5.71. The molecular formula is C14H10ClN3S. The summed E-state index contributed by atoms with van der Waals surface area (Å²) >= 11 is 7.34. The number of anilines is 2. The molecule has 0 amide bonds. The molecule has 0 bridgehead atoms. The van der Waals surface area contributed by atoms with Crippen LogP contribution >= 0.6 is 22.9 Å². The Morgan fingerprint density at radius 2 is 1.89 bits per heavy atom. The van der Waals surface area contributed by atoms with Gasteiger partial charge in [-0.15, -0.1) is 11.3 Å². The van der Waals surface area contributed by atoms with Crippen molar-refractivity contribution in [1.82, 2.24) is 9.97 Å². The van der Waals surface area contributed by atoms with Crippen LogP contribution in [-0.4, -0.2) is 9.97 Å². The van der Waals surface area contributed by atoms with Gasteiger partial charge in [0.15, 0.2) is 5.13 Å². The second kappa shape index (κ2) is 5.38. The van der Waals surface area contributed by atoms with E-state index in [4.69, 9.17) is 11.6 Å². The molecule has 0 spiro atoms. The molecule has 0 fully saturated rings. The van der Waals surface area contributed by atoms with Crippen LogP contribution in [0.25, 0.3) is 11.3 Å². The van der Waals surface area contributed by atoms with Crippen molar-refractivity contribution in [3.63, 3.8) is 0 Å². The number of nitrogens with zero attached hydrogens (tertiary/aromatic N) is 2. The van der Waals surface area contributed by atoms with E-state index in [9.17, 15) is 0 Å². The largest absolute Gasteiger partial charge is 0.316 e. The highest BCUT2D eigenvalue weighted by Gasteiger charge is 2.04. The first kappa shape index (κ1) is 12.1. The van der Waals surface area contributed by atoms with E-state index < -0.39 is 0 Å². The fraction of sp³-hybridized carbons (Fsp3) is 0. The van der Waals surface area contributed by atoms with Gasteiger partial charge in [-0.2, -0.15) is 0 Å². The Hall–Kier alpha value is -1.91. The average molecular weight is 288 g/mol. The minimum atomic E-state index is 0.620. The molecule has 0 unspecified atom stereocenters. The molecule has 5 heteroatoms. The van der Waals surface area contributed by atoms with Crippen LogP contribution in [0, 0.1) is 0 Å². The van der Waals surface area contributed by atoms with Gasteiger partial charge in [0.1, 0.15) is 5.82 Å². The molecule has 3 aromatic rings. The molecule has 0 atom stereocenters. The number of hydrogen-bond donors (Lipinski definition) is 1. The first-order chi connectivity index (χ1) is 9.31. The fourth-order valence-electron chi connectivity index (χ4n) is 1.63. The van der Waals surface area contributed by atoms with E-state index in [1.165, 1.54) is 0 Å². The predicted octanol–water partition coefficient (Wildman–Crippen LogP) is 4.60. The minimum Gasteiger partial charge on any atom is -0.316 e. The number of hydrogen-bond acceptors (Lipinski definition) is 4. The standard InChI is InChI=1S/C14H10ClN3S/c15-11-6-7-13(16-8-11)18-14-17-12(9-19-14)10-4-2-1-3-5-10/h1-9H,(H,16,17,18). The fourth-order valence-corrected chi connectivity index (χ4v) is 2.47. The monoisotopic (exact) mass is 287 g/mol. The third-order valence-corrected chi connectivity index (χ3v) is 3.52. The van der Waals surface area contributed by atoms with Crippen LogP contribution in [0.2, 0.25) is 5.02 Å². The summed E-state index contributed by atoms with van der Waals surface area (Å²) in [6.07, 6.45) is 1.61. The molecule has 0 saturated heterocycles. The summed E-state index contributed by atoms with van der Waals surface area (Å²) in [4.78, 5) is 8.71. The summed E-state index contributed by atoms with van der Waals surface area (Å²) in [7, 11) is 0. The lowest BCUT2D eigenvalue weighted by Crippen LogP contribution is -1.92. The quantitative estimate of drug-likeness (QED) is 0.765. The van der Waals surface area contributed by atoms with Crippen LogP contribution in [0.15, 0.2) is 54.0 Å². The number of nitrogens with one attached hydrogen (secondary N) is 1. The van der Waals surface area contributed by atoms with Gasteiger partial charge in [0, 0.05) is 17.1 Å². The van der Waals surface area contributed by atoms with Crippen molar-refractivity contribution in [2.75, 3.05) is 5.32 Å². The summed E-state index contributed by atoms with van der Waals surface area (Å²) in [6, 6.07) is 13.7. The predicted molar refractivity (Wildman–Crippen MR) is 80.1 cm³/mol. The Kier molecular flexibility index (Phi) is 3.44. The van der Waals surface area contributed by atoms with E-state index in [1.54, 1.807) is 23.6 Å². The summed E-state index contributed by atoms with van der Waals surface area (Å²) in [5.74, 6) is 0.735. The van der Waals surface area contributed by atoms with Gasteiger partial charge in [0.05, 0.1) is 10.7 Å². The lowest BCUT2D eigenvalue weighted by atomic mass is 10.2. The lowest BCUT2D eigenvalue weighted by Gasteiger charge is -2.00. The van der Waals surface area contributed by atoms with E-state index >= 15 is 0 Å². The Morgan fingerprint density at radius 1 is 1.05 bits per heavy atom. The van der Waals surface area contributed by atoms with Crippen molar-refractivity contribution in [3.8, 4) is 11.3 Å². The van der Waals surface area contributed by atoms with Crippen molar-refractivity contribution in [3.05, 3.63) is 59.1 Å². The highest BCUT2D eigenvalue weighted by atomic mass is 35.5. The van der Waals surface area contributed by atoms with Crippen molar-refractivity contribution in [1.29, 1.82) is 0 Å². The van der Waals surface area contributed by atoms with Gasteiger partial charge in [0.25, 0.3) is 0 Å².